The van der Waals surface area contributed by atoms with Crippen LogP contribution in [0.5, 0.6) is 0 Å². The van der Waals surface area contributed by atoms with Crippen LogP contribution in [0.2, 0.25) is 0 Å². The summed E-state index contributed by atoms with van der Waals surface area (Å²) in [6.07, 6.45) is 1.61. The van der Waals surface area contributed by atoms with E-state index in [-0.39, 0.29) is 0 Å². The van der Waals surface area contributed by atoms with Crippen LogP contribution < -0.4 is 0 Å². The molecule has 0 aliphatic carbocycles. The molecule has 1 aromatic rings. The highest BCUT2D eigenvalue weighted by molar-refractivity contribution is 5.28. The Balaban J connectivity index is 2.17. The van der Waals surface area contributed by atoms with E-state index in [1.165, 1.54) is 5.56 Å². The van der Waals surface area contributed by atoms with Crippen molar-refractivity contribution in [3.05, 3.63) is 35.4 Å². The van der Waals surface area contributed by atoms with E-state index in [2.05, 4.69) is 18.2 Å². The first kappa shape index (κ1) is 9.23. The summed E-state index contributed by atoms with van der Waals surface area (Å²) in [5.74, 6) is 0.536. The molecule has 1 fully saturated rings. The molecule has 0 amide bonds. The van der Waals surface area contributed by atoms with E-state index < -0.39 is 0 Å². The lowest BCUT2D eigenvalue weighted by molar-refractivity contribution is 0.194. The van der Waals surface area contributed by atoms with Crippen molar-refractivity contribution in [2.24, 2.45) is 0 Å². The normalized spacial score (nSPS) is 20.6. The first-order valence-corrected chi connectivity index (χ1v) is 4.93. The van der Waals surface area contributed by atoms with E-state index in [4.69, 9.17) is 10.00 Å². The third-order valence-electron chi connectivity index (χ3n) is 2.64. The maximum absolute atomic E-state index is 8.60. The lowest BCUT2D eigenvalue weighted by Gasteiger charge is -2.08. The Hall–Kier alpha value is -1.33. The van der Waals surface area contributed by atoms with Crippen molar-refractivity contribution >= 4 is 0 Å². The number of nitrogens with zero attached hydrogens (tertiary/aromatic N) is 1. The Morgan fingerprint density at radius 3 is 3.14 bits per heavy atom. The molecule has 1 unspecified atom stereocenters. The largest absolute Gasteiger partial charge is 0.381 e. The summed E-state index contributed by atoms with van der Waals surface area (Å²) < 4.78 is 5.35. The lowest BCUT2D eigenvalue weighted by Crippen LogP contribution is -1.98. The monoisotopic (exact) mass is 187 g/mol. The van der Waals surface area contributed by atoms with Gasteiger partial charge in [0.1, 0.15) is 0 Å². The molecule has 1 saturated heterocycles. The molecule has 72 valence electrons. The van der Waals surface area contributed by atoms with Crippen molar-refractivity contribution in [2.45, 2.75) is 18.8 Å². The van der Waals surface area contributed by atoms with E-state index in [9.17, 15) is 0 Å². The van der Waals surface area contributed by atoms with Crippen molar-refractivity contribution < 1.29 is 4.74 Å². The molecular weight excluding hydrogens is 174 g/mol. The van der Waals surface area contributed by atoms with Crippen LogP contribution in [0, 0.1) is 11.3 Å². The van der Waals surface area contributed by atoms with Gasteiger partial charge in [-0.15, -0.1) is 0 Å². The summed E-state index contributed by atoms with van der Waals surface area (Å²) >= 11 is 0. The van der Waals surface area contributed by atoms with E-state index >= 15 is 0 Å². The smallest absolute Gasteiger partial charge is 0.0669 e. The molecule has 2 heteroatoms. The van der Waals surface area contributed by atoms with Crippen molar-refractivity contribution in [1.29, 1.82) is 5.26 Å². The van der Waals surface area contributed by atoms with Crippen LogP contribution in [-0.4, -0.2) is 13.2 Å². The third-order valence-corrected chi connectivity index (χ3v) is 2.64. The van der Waals surface area contributed by atoms with Crippen molar-refractivity contribution in [2.75, 3.05) is 13.2 Å². The van der Waals surface area contributed by atoms with Gasteiger partial charge in [0.05, 0.1) is 19.1 Å². The minimum absolute atomic E-state index is 0.501. The van der Waals surface area contributed by atoms with Gasteiger partial charge in [-0.05, 0) is 17.5 Å². The second-order valence-electron chi connectivity index (χ2n) is 3.64. The van der Waals surface area contributed by atoms with E-state index in [1.54, 1.807) is 0 Å². The molecule has 2 nitrogen and oxygen atoms in total. The highest BCUT2D eigenvalue weighted by atomic mass is 16.5. The van der Waals surface area contributed by atoms with Gasteiger partial charge in [-0.25, -0.2) is 0 Å². The van der Waals surface area contributed by atoms with E-state index in [0.29, 0.717) is 12.3 Å². The van der Waals surface area contributed by atoms with Crippen LogP contribution in [0.1, 0.15) is 23.5 Å². The summed E-state index contributed by atoms with van der Waals surface area (Å²) in [5, 5.41) is 8.60. The SMILES string of the molecule is N#CCc1cccc(C2CCOC2)c1. The first-order chi connectivity index (χ1) is 6.90. The molecule has 1 heterocycles. The van der Waals surface area contributed by atoms with Gasteiger partial charge in [0, 0.05) is 12.5 Å². The standard InChI is InChI=1S/C12H13NO/c13-6-4-10-2-1-3-11(8-10)12-5-7-14-9-12/h1-3,8,12H,4-5,7,9H2. The van der Waals surface area contributed by atoms with Gasteiger partial charge in [-0.2, -0.15) is 5.26 Å². The summed E-state index contributed by atoms with van der Waals surface area (Å²) in [5.41, 5.74) is 2.42. The lowest BCUT2D eigenvalue weighted by atomic mass is 9.96. The van der Waals surface area contributed by atoms with Crippen LogP contribution >= 0.6 is 0 Å². The zero-order valence-electron chi connectivity index (χ0n) is 8.07. The summed E-state index contributed by atoms with van der Waals surface area (Å²) in [4.78, 5) is 0. The van der Waals surface area contributed by atoms with Gasteiger partial charge in [-0.1, -0.05) is 24.3 Å². The van der Waals surface area contributed by atoms with Crippen LogP contribution in [0.3, 0.4) is 0 Å². The third kappa shape index (κ3) is 1.94. The topological polar surface area (TPSA) is 33.0 Å². The molecule has 1 aliphatic heterocycles. The number of rotatable bonds is 2. The molecule has 1 aliphatic rings. The molecule has 0 saturated carbocycles. The van der Waals surface area contributed by atoms with Gasteiger partial charge in [0.15, 0.2) is 0 Å². The highest BCUT2D eigenvalue weighted by Gasteiger charge is 2.17. The second kappa shape index (κ2) is 4.26. The number of hydrogen-bond donors (Lipinski definition) is 0. The maximum atomic E-state index is 8.60. The molecule has 2 rings (SSSR count). The maximum Gasteiger partial charge on any atom is 0.0669 e. The summed E-state index contributed by atoms with van der Waals surface area (Å²) in [6, 6.07) is 10.5. The molecule has 0 radical (unpaired) electrons. The Morgan fingerprint density at radius 1 is 1.50 bits per heavy atom. The van der Waals surface area contributed by atoms with Gasteiger partial charge < -0.3 is 4.74 Å². The molecular formula is C12H13NO. The van der Waals surface area contributed by atoms with Crippen molar-refractivity contribution in [1.82, 2.24) is 0 Å². The van der Waals surface area contributed by atoms with Gasteiger partial charge in [0.2, 0.25) is 0 Å². The number of ether oxygens (including phenoxy) is 1. The van der Waals surface area contributed by atoms with Gasteiger partial charge in [-0.3, -0.25) is 0 Å². The minimum Gasteiger partial charge on any atom is -0.381 e. The summed E-state index contributed by atoms with van der Waals surface area (Å²) in [6.45, 7) is 1.70. The van der Waals surface area contributed by atoms with E-state index in [1.807, 2.05) is 12.1 Å². The average Bonchev–Trinajstić information content (AvgIpc) is 2.71. The van der Waals surface area contributed by atoms with E-state index in [0.717, 1.165) is 25.2 Å². The Morgan fingerprint density at radius 2 is 2.43 bits per heavy atom. The van der Waals surface area contributed by atoms with Crippen molar-refractivity contribution in [3.63, 3.8) is 0 Å². The van der Waals surface area contributed by atoms with Crippen LogP contribution in [0.15, 0.2) is 24.3 Å². The van der Waals surface area contributed by atoms with Crippen LogP contribution in [0.4, 0.5) is 0 Å². The number of hydrogen-bond acceptors (Lipinski definition) is 2. The molecule has 0 spiro atoms. The first-order valence-electron chi connectivity index (χ1n) is 4.93. The quantitative estimate of drug-likeness (QED) is 0.711. The van der Waals surface area contributed by atoms with Crippen LogP contribution in [-0.2, 0) is 11.2 Å². The number of nitriles is 1. The molecule has 0 aromatic heterocycles. The molecule has 1 atom stereocenters. The highest BCUT2D eigenvalue weighted by Crippen LogP contribution is 2.25. The average molecular weight is 187 g/mol. The number of benzene rings is 1. The predicted octanol–water partition coefficient (Wildman–Crippen LogP) is 2.26. The van der Waals surface area contributed by atoms with Gasteiger partial charge in [0.25, 0.3) is 0 Å². The Bertz CT molecular complexity index is 348. The fraction of sp³-hybridized carbons (Fsp3) is 0.417. The van der Waals surface area contributed by atoms with Gasteiger partial charge >= 0.3 is 0 Å². The molecule has 14 heavy (non-hydrogen) atoms. The van der Waals surface area contributed by atoms with Crippen LogP contribution in [0.25, 0.3) is 0 Å². The summed E-state index contributed by atoms with van der Waals surface area (Å²) in [7, 11) is 0. The second-order valence-corrected chi connectivity index (χ2v) is 3.64. The predicted molar refractivity (Wildman–Crippen MR) is 53.9 cm³/mol. The molecule has 0 bridgehead atoms. The molecule has 0 N–H and O–H groups in total. The minimum atomic E-state index is 0.501. The fourth-order valence-electron chi connectivity index (χ4n) is 1.85. The van der Waals surface area contributed by atoms with Crippen molar-refractivity contribution in [3.8, 4) is 6.07 Å². The Labute approximate surface area is 84.1 Å². The zero-order chi connectivity index (χ0) is 9.80. The molecule has 1 aromatic carbocycles. The Kier molecular flexibility index (Phi) is 2.81. The zero-order valence-corrected chi connectivity index (χ0v) is 8.07. The fourth-order valence-corrected chi connectivity index (χ4v) is 1.85.